The molecule has 0 N–H and O–H groups in total. The van der Waals surface area contributed by atoms with Gasteiger partial charge in [0.15, 0.2) is 0 Å². The molecule has 0 fully saturated rings. The minimum atomic E-state index is -0.225. The molecule has 0 spiro atoms. The van der Waals surface area contributed by atoms with Crippen molar-refractivity contribution in [1.29, 1.82) is 0 Å². The van der Waals surface area contributed by atoms with Crippen molar-refractivity contribution in [3.8, 4) is 33.4 Å². The molecule has 0 aromatic heterocycles. The number of nitrogens with zero attached hydrogens (tertiary/aromatic N) is 1. The van der Waals surface area contributed by atoms with Gasteiger partial charge in [-0.15, -0.1) is 0 Å². The lowest BCUT2D eigenvalue weighted by atomic mass is 9.80. The number of benzene rings is 10. The van der Waals surface area contributed by atoms with Gasteiger partial charge in [0.05, 0.1) is 0 Å². The van der Waals surface area contributed by atoms with Gasteiger partial charge in [-0.3, -0.25) is 0 Å². The monoisotopic (exact) mass is 831 g/mol. The number of rotatable bonds is 5. The maximum Gasteiger partial charge on any atom is 0.0465 e. The lowest BCUT2D eigenvalue weighted by Crippen LogP contribution is -2.18. The summed E-state index contributed by atoms with van der Waals surface area (Å²) in [5.41, 5.74) is 22.0. The SMILES string of the molecule is CC1(C)c2ccccc2-c2ccc(N(c3ccccc3)c3ccc4c(c3)C(C)(C)c3cc(-c5cc6cc(C7=CCCc8ccccc87)c7ccccc7c6c6ccccc56)ccc3-4)cc21. The molecule has 1 nitrogen and oxygen atoms in total. The first kappa shape index (κ1) is 38.0. The zero-order valence-electron chi connectivity index (χ0n) is 37.4. The van der Waals surface area contributed by atoms with Gasteiger partial charge >= 0.3 is 0 Å². The van der Waals surface area contributed by atoms with Crippen LogP contribution in [0.2, 0.25) is 0 Å². The molecule has 0 unspecified atom stereocenters. The molecule has 0 atom stereocenters. The zero-order valence-corrected chi connectivity index (χ0v) is 37.4. The Morgan fingerprint density at radius 1 is 0.369 bits per heavy atom. The minimum Gasteiger partial charge on any atom is -0.310 e. The van der Waals surface area contributed by atoms with E-state index in [1.807, 2.05) is 0 Å². The van der Waals surface area contributed by atoms with Crippen LogP contribution in [0.4, 0.5) is 17.1 Å². The van der Waals surface area contributed by atoms with Crippen molar-refractivity contribution in [2.24, 2.45) is 0 Å². The Morgan fingerprint density at radius 2 is 0.877 bits per heavy atom. The van der Waals surface area contributed by atoms with Crippen molar-refractivity contribution in [2.45, 2.75) is 51.4 Å². The van der Waals surface area contributed by atoms with E-state index < -0.39 is 0 Å². The molecule has 0 amide bonds. The van der Waals surface area contributed by atoms with Gasteiger partial charge in [-0.1, -0.05) is 173 Å². The predicted molar refractivity (Wildman–Crippen MR) is 276 cm³/mol. The molecular weight excluding hydrogens is 783 g/mol. The Labute approximate surface area is 382 Å². The van der Waals surface area contributed by atoms with E-state index in [1.54, 1.807) is 0 Å². The third kappa shape index (κ3) is 5.58. The van der Waals surface area contributed by atoms with E-state index in [4.69, 9.17) is 0 Å². The largest absolute Gasteiger partial charge is 0.310 e. The molecule has 0 saturated heterocycles. The summed E-state index contributed by atoms with van der Waals surface area (Å²) < 4.78 is 0. The average molecular weight is 832 g/mol. The molecule has 0 saturated carbocycles. The zero-order chi connectivity index (χ0) is 43.6. The van der Waals surface area contributed by atoms with Crippen LogP contribution in [0, 0.1) is 0 Å². The number of hydrogen-bond acceptors (Lipinski definition) is 1. The Kier molecular flexibility index (Phi) is 8.19. The predicted octanol–water partition coefficient (Wildman–Crippen LogP) is 17.3. The molecule has 0 heterocycles. The van der Waals surface area contributed by atoms with Crippen LogP contribution in [0.1, 0.15) is 73.1 Å². The molecule has 0 aliphatic heterocycles. The van der Waals surface area contributed by atoms with E-state index in [0.717, 1.165) is 18.5 Å². The summed E-state index contributed by atoms with van der Waals surface area (Å²) in [5, 5.41) is 7.82. The smallest absolute Gasteiger partial charge is 0.0465 e. The molecule has 310 valence electrons. The van der Waals surface area contributed by atoms with Gasteiger partial charge in [-0.05, 0) is 178 Å². The second-order valence-electron chi connectivity index (χ2n) is 19.5. The minimum absolute atomic E-state index is 0.0881. The maximum atomic E-state index is 2.50. The van der Waals surface area contributed by atoms with Crippen LogP contribution in [0.3, 0.4) is 0 Å². The average Bonchev–Trinajstić information content (AvgIpc) is 3.72. The van der Waals surface area contributed by atoms with Crippen molar-refractivity contribution in [3.05, 3.63) is 239 Å². The Hall–Kier alpha value is -7.48. The first-order valence-corrected chi connectivity index (χ1v) is 23.3. The number of fused-ring (bicyclic) bond motifs is 12. The standard InChI is InChI=1S/C64H49N/c1-63(2)58-28-15-14-24-50(58)52-33-30-44(38-60(52)63)65(43-19-6-5-7-20-43)45-31-34-53-51-32-29-41(37-59(51)64(3,4)61(53)39-45)56-35-42-36-57(47-27-16-18-40-17-8-9-21-46(40)47)49-23-11-13-26-55(49)62(42)54-25-12-10-22-48(54)56/h5-15,17,19-39H,16,18H2,1-4H3. The molecule has 0 bridgehead atoms. The van der Waals surface area contributed by atoms with Gasteiger partial charge in [0, 0.05) is 27.9 Å². The highest BCUT2D eigenvalue weighted by Crippen LogP contribution is 2.54. The molecule has 10 aromatic carbocycles. The first-order chi connectivity index (χ1) is 31.8. The summed E-state index contributed by atoms with van der Waals surface area (Å²) in [6, 6.07) is 73.4. The van der Waals surface area contributed by atoms with Gasteiger partial charge in [0.2, 0.25) is 0 Å². The van der Waals surface area contributed by atoms with Crippen molar-refractivity contribution in [3.63, 3.8) is 0 Å². The van der Waals surface area contributed by atoms with Crippen LogP contribution >= 0.6 is 0 Å². The van der Waals surface area contributed by atoms with E-state index in [0.29, 0.717) is 0 Å². The molecular formula is C64H49N. The number of aryl methyl sites for hydroxylation is 1. The fourth-order valence-electron chi connectivity index (χ4n) is 12.1. The first-order valence-electron chi connectivity index (χ1n) is 23.3. The van der Waals surface area contributed by atoms with Crippen LogP contribution in [0.5, 0.6) is 0 Å². The van der Waals surface area contributed by atoms with Crippen LogP contribution in [0.15, 0.2) is 200 Å². The van der Waals surface area contributed by atoms with E-state index in [-0.39, 0.29) is 10.8 Å². The van der Waals surface area contributed by atoms with Gasteiger partial charge in [0.1, 0.15) is 0 Å². The summed E-state index contributed by atoms with van der Waals surface area (Å²) in [5.74, 6) is 0. The number of allylic oxidation sites excluding steroid dienone is 1. The van der Waals surface area contributed by atoms with Crippen molar-refractivity contribution in [1.82, 2.24) is 0 Å². The third-order valence-electron chi connectivity index (χ3n) is 15.3. The normalized spacial score (nSPS) is 15.0. The highest BCUT2D eigenvalue weighted by Gasteiger charge is 2.38. The van der Waals surface area contributed by atoms with Crippen LogP contribution < -0.4 is 4.90 Å². The number of anilines is 3. The summed E-state index contributed by atoms with van der Waals surface area (Å²) in [6.45, 7) is 9.57. The summed E-state index contributed by atoms with van der Waals surface area (Å²) in [7, 11) is 0. The molecule has 65 heavy (non-hydrogen) atoms. The highest BCUT2D eigenvalue weighted by atomic mass is 15.1. The quantitative estimate of drug-likeness (QED) is 0.156. The molecule has 3 aliphatic rings. The van der Waals surface area contributed by atoms with E-state index >= 15 is 0 Å². The second kappa shape index (κ2) is 14.0. The van der Waals surface area contributed by atoms with Gasteiger partial charge in [-0.25, -0.2) is 0 Å². The Morgan fingerprint density at radius 3 is 1.57 bits per heavy atom. The summed E-state index contributed by atoms with van der Waals surface area (Å²) in [4.78, 5) is 2.45. The highest BCUT2D eigenvalue weighted by molar-refractivity contribution is 6.25. The second-order valence-corrected chi connectivity index (χ2v) is 19.5. The van der Waals surface area contributed by atoms with Crippen LogP contribution in [-0.2, 0) is 17.3 Å². The van der Waals surface area contributed by atoms with Crippen molar-refractivity contribution in [2.75, 3.05) is 4.90 Å². The van der Waals surface area contributed by atoms with Crippen LogP contribution in [0.25, 0.3) is 71.3 Å². The molecule has 1 heteroatoms. The van der Waals surface area contributed by atoms with Crippen molar-refractivity contribution < 1.29 is 0 Å². The van der Waals surface area contributed by atoms with Gasteiger partial charge < -0.3 is 4.90 Å². The Bertz CT molecular complexity index is 3660. The summed E-state index contributed by atoms with van der Waals surface area (Å²) >= 11 is 0. The molecule has 13 rings (SSSR count). The third-order valence-corrected chi connectivity index (χ3v) is 15.3. The summed E-state index contributed by atoms with van der Waals surface area (Å²) in [6.07, 6.45) is 4.62. The maximum absolute atomic E-state index is 2.50. The fraction of sp³-hybridized carbons (Fsp3) is 0.125. The fourth-order valence-corrected chi connectivity index (χ4v) is 12.1. The lowest BCUT2D eigenvalue weighted by Gasteiger charge is -2.29. The molecule has 0 radical (unpaired) electrons. The van der Waals surface area contributed by atoms with Crippen LogP contribution in [-0.4, -0.2) is 0 Å². The Balaban J connectivity index is 0.942. The number of hydrogen-bond donors (Lipinski definition) is 0. The van der Waals surface area contributed by atoms with E-state index in [2.05, 4.69) is 233 Å². The van der Waals surface area contributed by atoms with E-state index in [9.17, 15) is 0 Å². The number of para-hydroxylation sites is 1. The molecule has 10 aromatic rings. The van der Waals surface area contributed by atoms with Crippen molar-refractivity contribution >= 4 is 55.0 Å². The lowest BCUT2D eigenvalue weighted by molar-refractivity contribution is 0.660. The van der Waals surface area contributed by atoms with E-state index in [1.165, 1.54) is 122 Å². The van der Waals surface area contributed by atoms with Gasteiger partial charge in [-0.2, -0.15) is 0 Å². The topological polar surface area (TPSA) is 3.24 Å². The molecule has 3 aliphatic carbocycles. The van der Waals surface area contributed by atoms with Gasteiger partial charge in [0.25, 0.3) is 0 Å².